The fraction of sp³-hybridized carbons (Fsp3) is 0.478. The highest BCUT2D eigenvalue weighted by atomic mass is 19.4. The summed E-state index contributed by atoms with van der Waals surface area (Å²) in [7, 11) is 0. The molecular formula is C23H25F4N3O2. The van der Waals surface area contributed by atoms with E-state index in [4.69, 9.17) is 0 Å². The van der Waals surface area contributed by atoms with Gasteiger partial charge in [0, 0.05) is 31.5 Å². The molecule has 0 bridgehead atoms. The number of nitrogens with one attached hydrogen (secondary N) is 1. The zero-order chi connectivity index (χ0) is 23.3. The maximum Gasteiger partial charge on any atom is 0.573 e. The van der Waals surface area contributed by atoms with Crippen molar-refractivity contribution >= 4 is 17.4 Å². The minimum Gasteiger partial charge on any atom is -0.406 e. The molecule has 32 heavy (non-hydrogen) atoms. The maximum atomic E-state index is 14.8. The lowest BCUT2D eigenvalue weighted by atomic mass is 9.92. The fourth-order valence-electron chi connectivity index (χ4n) is 4.10. The molecule has 2 heterocycles. The zero-order valence-electron chi connectivity index (χ0n) is 18.1. The van der Waals surface area contributed by atoms with Gasteiger partial charge in [-0.1, -0.05) is 32.9 Å². The smallest absolute Gasteiger partial charge is 0.406 e. The van der Waals surface area contributed by atoms with Crippen molar-refractivity contribution in [2.24, 2.45) is 11.3 Å². The van der Waals surface area contributed by atoms with Crippen molar-refractivity contribution in [1.29, 1.82) is 0 Å². The number of hydrogen-bond donors (Lipinski definition) is 1. The standard InChI is InChI=1S/C23H25F4N3O2/c1-22(2,3)10-19(31)28-21-17(24)9-18-20(29-21)16-8-14(16)12-30(18)11-13-4-6-15(7-5-13)32-23(25,26)27/h4-7,9,14,16H,8,10-12H2,1-3H3,(H,28,29,31). The Balaban J connectivity index is 1.52. The van der Waals surface area contributed by atoms with Gasteiger partial charge in [0.1, 0.15) is 5.75 Å². The van der Waals surface area contributed by atoms with Crippen LogP contribution in [0.25, 0.3) is 0 Å². The van der Waals surface area contributed by atoms with Gasteiger partial charge in [0.25, 0.3) is 0 Å². The van der Waals surface area contributed by atoms with Crippen molar-refractivity contribution in [3.63, 3.8) is 0 Å². The van der Waals surface area contributed by atoms with E-state index < -0.39 is 12.2 Å². The van der Waals surface area contributed by atoms with Crippen LogP contribution in [0.2, 0.25) is 0 Å². The number of rotatable bonds is 5. The van der Waals surface area contributed by atoms with Gasteiger partial charge in [0.2, 0.25) is 5.91 Å². The number of carbonyl (C=O) groups is 1. The molecule has 0 saturated heterocycles. The molecule has 2 aliphatic rings. The molecule has 1 N–H and O–H groups in total. The number of hydrogen-bond acceptors (Lipinski definition) is 4. The number of pyridine rings is 1. The first kappa shape index (κ1) is 22.4. The van der Waals surface area contributed by atoms with E-state index in [2.05, 4.69) is 15.0 Å². The SMILES string of the molecule is CC(C)(C)CC(=O)Nc1nc2c(cc1F)N(Cc1ccc(OC(F)(F)F)cc1)CC1CC21. The number of anilines is 2. The van der Waals surface area contributed by atoms with Crippen LogP contribution >= 0.6 is 0 Å². The van der Waals surface area contributed by atoms with Gasteiger partial charge < -0.3 is 15.0 Å². The maximum absolute atomic E-state index is 14.8. The summed E-state index contributed by atoms with van der Waals surface area (Å²) >= 11 is 0. The van der Waals surface area contributed by atoms with Crippen LogP contribution in [0.4, 0.5) is 29.1 Å². The van der Waals surface area contributed by atoms with E-state index in [0.717, 1.165) is 24.2 Å². The quantitative estimate of drug-likeness (QED) is 0.600. The van der Waals surface area contributed by atoms with Gasteiger partial charge in [0.15, 0.2) is 11.6 Å². The molecule has 1 saturated carbocycles. The molecule has 4 rings (SSSR count). The highest BCUT2D eigenvalue weighted by molar-refractivity contribution is 5.90. The van der Waals surface area contributed by atoms with Crippen LogP contribution in [0.5, 0.6) is 5.75 Å². The van der Waals surface area contributed by atoms with Crippen LogP contribution < -0.4 is 15.0 Å². The summed E-state index contributed by atoms with van der Waals surface area (Å²) in [6.07, 6.45) is -3.55. The highest BCUT2D eigenvalue weighted by Crippen LogP contribution is 2.54. The minimum absolute atomic E-state index is 0.0563. The summed E-state index contributed by atoms with van der Waals surface area (Å²) in [5.74, 6) is -0.603. The third kappa shape index (κ3) is 5.31. The van der Waals surface area contributed by atoms with Crippen molar-refractivity contribution in [1.82, 2.24) is 4.98 Å². The van der Waals surface area contributed by atoms with Gasteiger partial charge in [-0.05, 0) is 35.4 Å². The largest absolute Gasteiger partial charge is 0.573 e. The molecule has 1 amide bonds. The van der Waals surface area contributed by atoms with Gasteiger partial charge in [-0.2, -0.15) is 0 Å². The molecule has 1 fully saturated rings. The van der Waals surface area contributed by atoms with Crippen molar-refractivity contribution in [3.8, 4) is 5.75 Å². The summed E-state index contributed by atoms with van der Waals surface area (Å²) in [6.45, 7) is 6.90. The van der Waals surface area contributed by atoms with Gasteiger partial charge in [-0.15, -0.1) is 13.2 Å². The molecule has 1 aliphatic heterocycles. The Morgan fingerprint density at radius 1 is 1.22 bits per heavy atom. The van der Waals surface area contributed by atoms with Crippen LogP contribution in [-0.2, 0) is 11.3 Å². The van der Waals surface area contributed by atoms with Crippen molar-refractivity contribution in [3.05, 3.63) is 47.4 Å². The number of nitrogens with zero attached hydrogens (tertiary/aromatic N) is 2. The minimum atomic E-state index is -4.74. The predicted octanol–water partition coefficient (Wildman–Crippen LogP) is 5.62. The van der Waals surface area contributed by atoms with Crippen LogP contribution in [0.15, 0.2) is 30.3 Å². The first-order valence-corrected chi connectivity index (χ1v) is 10.5. The van der Waals surface area contributed by atoms with Gasteiger partial charge in [0.05, 0.1) is 11.4 Å². The van der Waals surface area contributed by atoms with Crippen molar-refractivity contribution in [2.75, 3.05) is 16.8 Å². The Bertz CT molecular complexity index is 1020. The molecule has 1 aliphatic carbocycles. The van der Waals surface area contributed by atoms with Crippen LogP contribution in [0.1, 0.15) is 50.8 Å². The average molecular weight is 451 g/mol. The molecule has 2 atom stereocenters. The first-order valence-electron chi connectivity index (χ1n) is 10.5. The lowest BCUT2D eigenvalue weighted by Crippen LogP contribution is -2.30. The van der Waals surface area contributed by atoms with Gasteiger partial charge >= 0.3 is 6.36 Å². The molecule has 2 unspecified atom stereocenters. The Kier molecular flexibility index (Phi) is 5.55. The summed E-state index contributed by atoms with van der Waals surface area (Å²) in [5, 5.41) is 2.60. The van der Waals surface area contributed by atoms with Crippen LogP contribution in [0, 0.1) is 17.2 Å². The summed E-state index contributed by atoms with van der Waals surface area (Å²) in [4.78, 5) is 18.7. The number of benzene rings is 1. The lowest BCUT2D eigenvalue weighted by molar-refractivity contribution is -0.274. The zero-order valence-corrected chi connectivity index (χ0v) is 18.1. The van der Waals surface area contributed by atoms with Crippen molar-refractivity contribution < 1.29 is 27.1 Å². The third-order valence-corrected chi connectivity index (χ3v) is 5.53. The molecule has 5 nitrogen and oxygen atoms in total. The predicted molar refractivity (Wildman–Crippen MR) is 112 cm³/mol. The molecule has 1 aromatic heterocycles. The van der Waals surface area contributed by atoms with E-state index in [9.17, 15) is 22.4 Å². The summed E-state index contributed by atoms with van der Waals surface area (Å²) in [5.41, 5.74) is 1.96. The second kappa shape index (κ2) is 7.94. The third-order valence-electron chi connectivity index (χ3n) is 5.53. The number of alkyl halides is 3. The Morgan fingerprint density at radius 3 is 2.53 bits per heavy atom. The van der Waals surface area contributed by atoms with Crippen molar-refractivity contribution in [2.45, 2.75) is 52.4 Å². The van der Waals surface area contributed by atoms with E-state index in [1.165, 1.54) is 18.2 Å². The summed E-state index contributed by atoms with van der Waals surface area (Å²) in [6, 6.07) is 7.04. The molecule has 2 aromatic rings. The number of fused-ring (bicyclic) bond motifs is 3. The topological polar surface area (TPSA) is 54.5 Å². The van der Waals surface area contributed by atoms with Crippen LogP contribution in [-0.4, -0.2) is 23.8 Å². The lowest BCUT2D eigenvalue weighted by Gasteiger charge is -2.31. The molecule has 9 heteroatoms. The molecular weight excluding hydrogens is 426 g/mol. The van der Waals surface area contributed by atoms with Gasteiger partial charge in [-0.3, -0.25) is 4.79 Å². The molecule has 1 aromatic carbocycles. The molecule has 0 spiro atoms. The number of halogens is 4. The summed E-state index contributed by atoms with van der Waals surface area (Å²) < 4.78 is 55.8. The fourth-order valence-corrected chi connectivity index (χ4v) is 4.10. The van der Waals surface area contributed by atoms with E-state index in [0.29, 0.717) is 18.2 Å². The molecule has 172 valence electrons. The van der Waals surface area contributed by atoms with Gasteiger partial charge in [-0.25, -0.2) is 9.37 Å². The van der Waals surface area contributed by atoms with E-state index in [1.54, 1.807) is 12.1 Å². The van der Waals surface area contributed by atoms with E-state index >= 15 is 0 Å². The van der Waals surface area contributed by atoms with E-state index in [1.807, 2.05) is 25.7 Å². The number of amides is 1. The Hall–Kier alpha value is -2.84. The van der Waals surface area contributed by atoms with Crippen LogP contribution in [0.3, 0.4) is 0 Å². The number of ether oxygens (including phenoxy) is 1. The monoisotopic (exact) mass is 451 g/mol. The van der Waals surface area contributed by atoms with E-state index in [-0.39, 0.29) is 35.2 Å². The second-order valence-electron chi connectivity index (χ2n) is 9.68. The number of aromatic nitrogens is 1. The molecule has 0 radical (unpaired) electrons. The first-order chi connectivity index (χ1) is 14.9. The second-order valence-corrected chi connectivity index (χ2v) is 9.68. The average Bonchev–Trinajstić information content (AvgIpc) is 3.41. The normalized spacial score (nSPS) is 19.8. The number of carbonyl (C=O) groups excluding carboxylic acids is 1. The highest BCUT2D eigenvalue weighted by Gasteiger charge is 2.46. The Morgan fingerprint density at radius 2 is 1.91 bits per heavy atom. The Labute approximate surface area is 183 Å².